The Hall–Kier alpha value is -0.810. The maximum Gasteiger partial charge on any atom is 0.399 e. The van der Waals surface area contributed by atoms with E-state index in [1.165, 1.54) is 0 Å². The van der Waals surface area contributed by atoms with E-state index in [0.29, 0.717) is 0 Å². The van der Waals surface area contributed by atoms with Gasteiger partial charge in [0.2, 0.25) is 0 Å². The van der Waals surface area contributed by atoms with Crippen LogP contribution in [0.5, 0.6) is 0 Å². The fourth-order valence-electron chi connectivity index (χ4n) is 0.242. The van der Waals surface area contributed by atoms with Gasteiger partial charge >= 0.3 is 18.2 Å². The molecule has 0 aliphatic carbocycles. The van der Waals surface area contributed by atoms with Crippen LogP contribution in [0.2, 0.25) is 0 Å². The molecule has 0 saturated heterocycles. The van der Waals surface area contributed by atoms with Gasteiger partial charge in [-0.3, -0.25) is 0 Å². The zero-order valence-electron chi connectivity index (χ0n) is 5.51. The van der Waals surface area contributed by atoms with Crippen molar-refractivity contribution in [3.63, 3.8) is 0 Å². The highest BCUT2D eigenvalue weighted by atomic mass is 19.3. The van der Waals surface area contributed by atoms with Crippen molar-refractivity contribution in [2.75, 3.05) is 0 Å². The summed E-state index contributed by atoms with van der Waals surface area (Å²) in [5, 5.41) is 0. The molecule has 0 rings (SSSR count). The number of alkyl halides is 2. The molecular formula is C5H5F5O. The predicted molar refractivity (Wildman–Crippen MR) is 26.7 cm³/mol. The van der Waals surface area contributed by atoms with Crippen LogP contribution in [-0.4, -0.2) is 6.11 Å². The van der Waals surface area contributed by atoms with E-state index in [1.807, 2.05) is 0 Å². The number of ether oxygens (including phenoxy) is 1. The molecule has 0 aromatic carbocycles. The molecule has 0 unspecified atom stereocenters. The van der Waals surface area contributed by atoms with Crippen molar-refractivity contribution >= 4 is 0 Å². The first-order chi connectivity index (χ1) is 4.89. The van der Waals surface area contributed by atoms with Gasteiger partial charge in [0.25, 0.3) is 0 Å². The van der Waals surface area contributed by atoms with Gasteiger partial charge < -0.3 is 4.74 Å². The molecule has 66 valence electrons. The summed E-state index contributed by atoms with van der Waals surface area (Å²) in [4.78, 5) is 0. The summed E-state index contributed by atoms with van der Waals surface area (Å²) in [5.41, 5.74) is 0. The molecule has 0 bridgehead atoms. The van der Waals surface area contributed by atoms with Gasteiger partial charge in [-0.05, 0) is 0 Å². The molecule has 0 radical (unpaired) electrons. The van der Waals surface area contributed by atoms with Crippen LogP contribution >= 0.6 is 0 Å². The lowest BCUT2D eigenvalue weighted by Crippen LogP contribution is -2.17. The average Bonchev–Trinajstić information content (AvgIpc) is 1.87. The molecule has 0 amide bonds. The zero-order valence-corrected chi connectivity index (χ0v) is 5.51. The van der Waals surface area contributed by atoms with Gasteiger partial charge in [-0.15, -0.1) is 0 Å². The summed E-state index contributed by atoms with van der Waals surface area (Å²) >= 11 is 0. The van der Waals surface area contributed by atoms with E-state index in [9.17, 15) is 22.0 Å². The van der Waals surface area contributed by atoms with Crippen molar-refractivity contribution in [1.29, 1.82) is 0 Å². The van der Waals surface area contributed by atoms with Crippen molar-refractivity contribution < 1.29 is 26.7 Å². The monoisotopic (exact) mass is 176 g/mol. The maximum atomic E-state index is 11.9. The molecule has 0 saturated carbocycles. The summed E-state index contributed by atoms with van der Waals surface area (Å²) in [6.45, 7) is 0.976. The number of hydrogen-bond acceptors (Lipinski definition) is 1. The summed E-state index contributed by atoms with van der Waals surface area (Å²) in [7, 11) is 0. The van der Waals surface area contributed by atoms with E-state index in [-0.39, 0.29) is 0 Å². The molecular weight excluding hydrogens is 171 g/mol. The van der Waals surface area contributed by atoms with Crippen LogP contribution in [0.1, 0.15) is 13.3 Å². The first kappa shape index (κ1) is 10.2. The molecule has 0 fully saturated rings. The van der Waals surface area contributed by atoms with Crippen LogP contribution in [0, 0.1) is 0 Å². The fourth-order valence-corrected chi connectivity index (χ4v) is 0.242. The minimum atomic E-state index is -3.87. The van der Waals surface area contributed by atoms with E-state index in [0.717, 1.165) is 6.92 Å². The Morgan fingerprint density at radius 1 is 1.27 bits per heavy atom. The quantitative estimate of drug-likeness (QED) is 0.474. The largest absolute Gasteiger partial charge is 0.402 e. The van der Waals surface area contributed by atoms with Crippen LogP contribution in [0.15, 0.2) is 12.1 Å². The maximum absolute atomic E-state index is 11.9. The Bertz CT molecular complexity index is 160. The number of hydrogen-bond donors (Lipinski definition) is 0. The van der Waals surface area contributed by atoms with Crippen LogP contribution in [0.4, 0.5) is 22.0 Å². The first-order valence-electron chi connectivity index (χ1n) is 2.66. The Morgan fingerprint density at radius 3 is 2.00 bits per heavy atom. The van der Waals surface area contributed by atoms with Crippen molar-refractivity contribution in [2.45, 2.75) is 19.5 Å². The molecule has 0 N–H and O–H groups in total. The minimum absolute atomic E-state index is 0.867. The van der Waals surface area contributed by atoms with Crippen LogP contribution < -0.4 is 0 Å². The highest BCUT2D eigenvalue weighted by molar-refractivity contribution is 4.81. The molecule has 6 heteroatoms. The Balaban J connectivity index is 4.15. The molecule has 0 aromatic rings. The van der Waals surface area contributed by atoms with Gasteiger partial charge in [-0.2, -0.15) is 22.0 Å². The lowest BCUT2D eigenvalue weighted by molar-refractivity contribution is -0.229. The second-order valence-electron chi connectivity index (χ2n) is 1.63. The van der Waals surface area contributed by atoms with E-state index < -0.39 is 24.6 Å². The third-order valence-electron chi connectivity index (χ3n) is 0.799. The molecule has 0 aliphatic heterocycles. The van der Waals surface area contributed by atoms with Gasteiger partial charge in [0.1, 0.15) is 0 Å². The second-order valence-corrected chi connectivity index (χ2v) is 1.63. The second kappa shape index (κ2) is 3.54. The van der Waals surface area contributed by atoms with Crippen molar-refractivity contribution in [3.05, 3.63) is 12.1 Å². The van der Waals surface area contributed by atoms with E-state index in [4.69, 9.17) is 0 Å². The lowest BCUT2D eigenvalue weighted by atomic mass is 10.5. The minimum Gasteiger partial charge on any atom is -0.402 e. The fraction of sp³-hybridized carbons (Fsp3) is 0.600. The smallest absolute Gasteiger partial charge is 0.399 e. The van der Waals surface area contributed by atoms with Crippen LogP contribution in [0.3, 0.4) is 0 Å². The topological polar surface area (TPSA) is 9.23 Å². The molecule has 0 spiro atoms. The summed E-state index contributed by atoms with van der Waals surface area (Å²) in [6, 6.07) is -2.53. The van der Waals surface area contributed by atoms with Gasteiger partial charge in [0, 0.05) is 6.42 Å². The Morgan fingerprint density at radius 2 is 1.73 bits per heavy atom. The van der Waals surface area contributed by atoms with E-state index >= 15 is 0 Å². The Labute approximate surface area is 59.5 Å². The normalized spacial score (nSPS) is 11.1. The lowest BCUT2D eigenvalue weighted by Gasteiger charge is -2.12. The highest BCUT2D eigenvalue weighted by Crippen LogP contribution is 2.25. The van der Waals surface area contributed by atoms with Gasteiger partial charge in [0.05, 0.1) is 0 Å². The van der Waals surface area contributed by atoms with Crippen molar-refractivity contribution in [1.82, 2.24) is 0 Å². The summed E-state index contributed by atoms with van der Waals surface area (Å²) in [5.74, 6) is 0. The molecule has 0 atom stereocenters. The van der Waals surface area contributed by atoms with E-state index in [2.05, 4.69) is 4.74 Å². The van der Waals surface area contributed by atoms with Gasteiger partial charge in [0.15, 0.2) is 0 Å². The SMILES string of the molecule is CCC(F)(F)OC(F)=C(F)F. The average molecular weight is 176 g/mol. The molecule has 11 heavy (non-hydrogen) atoms. The van der Waals surface area contributed by atoms with Crippen LogP contribution in [0.25, 0.3) is 0 Å². The molecule has 1 nitrogen and oxygen atoms in total. The number of halogens is 5. The zero-order chi connectivity index (χ0) is 9.07. The van der Waals surface area contributed by atoms with Gasteiger partial charge in [-0.25, -0.2) is 0 Å². The third kappa shape index (κ3) is 3.79. The van der Waals surface area contributed by atoms with Crippen LogP contribution in [-0.2, 0) is 4.74 Å². The third-order valence-corrected chi connectivity index (χ3v) is 0.799. The standard InChI is InChI=1S/C5H5F5O/c1-2-5(9,10)11-4(8)3(6)7/h2H2,1H3. The molecule has 0 heterocycles. The van der Waals surface area contributed by atoms with Gasteiger partial charge in [-0.1, -0.05) is 6.92 Å². The predicted octanol–water partition coefficient (Wildman–Crippen LogP) is 3.04. The molecule has 0 aromatic heterocycles. The Kier molecular flexibility index (Phi) is 3.28. The van der Waals surface area contributed by atoms with E-state index in [1.54, 1.807) is 0 Å². The summed E-state index contributed by atoms with van der Waals surface area (Å²) in [6.07, 6.45) is -7.63. The summed E-state index contributed by atoms with van der Waals surface area (Å²) < 4.78 is 60.8. The first-order valence-corrected chi connectivity index (χ1v) is 2.66. The molecule has 0 aliphatic rings. The highest BCUT2D eigenvalue weighted by Gasteiger charge is 2.31. The number of rotatable bonds is 3. The van der Waals surface area contributed by atoms with Crippen molar-refractivity contribution in [2.24, 2.45) is 0 Å². The van der Waals surface area contributed by atoms with Crippen molar-refractivity contribution in [3.8, 4) is 0 Å².